The second-order valence-electron chi connectivity index (χ2n) is 3.03. The van der Waals surface area contributed by atoms with Gasteiger partial charge < -0.3 is 9.84 Å². The number of aliphatic hydroxyl groups excluding tert-OH is 1. The van der Waals surface area contributed by atoms with Crippen molar-refractivity contribution in [3.8, 4) is 0 Å². The first-order valence-electron chi connectivity index (χ1n) is 4.29. The first-order chi connectivity index (χ1) is 7.40. The van der Waals surface area contributed by atoms with Gasteiger partial charge in [-0.2, -0.15) is 13.2 Å². The smallest absolute Gasteiger partial charge is 0.417 e. The molecule has 0 saturated heterocycles. The largest absolute Gasteiger partial charge is 0.465 e. The molecule has 1 aromatic carbocycles. The minimum Gasteiger partial charge on any atom is -0.465 e. The molecule has 16 heavy (non-hydrogen) atoms. The Morgan fingerprint density at radius 2 is 2.06 bits per heavy atom. The molecule has 0 saturated carbocycles. The molecule has 0 radical (unpaired) electrons. The van der Waals surface area contributed by atoms with Gasteiger partial charge in [0.1, 0.15) is 0 Å². The van der Waals surface area contributed by atoms with Crippen LogP contribution in [0.4, 0.5) is 13.2 Å². The van der Waals surface area contributed by atoms with E-state index < -0.39 is 29.9 Å². The van der Waals surface area contributed by atoms with Gasteiger partial charge in [-0.15, -0.1) is 0 Å². The van der Waals surface area contributed by atoms with Gasteiger partial charge in [-0.05, 0) is 17.7 Å². The molecule has 88 valence electrons. The molecule has 0 heterocycles. The van der Waals surface area contributed by atoms with Crippen LogP contribution in [0.25, 0.3) is 0 Å². The maximum atomic E-state index is 12.6. The maximum Gasteiger partial charge on any atom is 0.417 e. The average molecular weight is 234 g/mol. The summed E-state index contributed by atoms with van der Waals surface area (Å²) in [7, 11) is 1.00. The van der Waals surface area contributed by atoms with E-state index in [2.05, 4.69) is 4.74 Å². The molecule has 0 spiro atoms. The molecule has 6 heteroatoms. The number of aliphatic hydroxyl groups is 1. The molecule has 0 aliphatic carbocycles. The van der Waals surface area contributed by atoms with Crippen molar-refractivity contribution in [2.75, 3.05) is 7.11 Å². The Kier molecular flexibility index (Phi) is 3.54. The van der Waals surface area contributed by atoms with E-state index in [9.17, 15) is 18.0 Å². The van der Waals surface area contributed by atoms with Crippen molar-refractivity contribution in [3.05, 3.63) is 34.9 Å². The summed E-state index contributed by atoms with van der Waals surface area (Å²) in [4.78, 5) is 11.1. The Hall–Kier alpha value is -1.56. The summed E-state index contributed by atoms with van der Waals surface area (Å²) in [6, 6.07) is 2.95. The summed E-state index contributed by atoms with van der Waals surface area (Å²) in [5, 5.41) is 8.73. The van der Waals surface area contributed by atoms with Gasteiger partial charge in [-0.3, -0.25) is 0 Å². The summed E-state index contributed by atoms with van der Waals surface area (Å²) in [6.07, 6.45) is -4.66. The molecule has 0 atom stereocenters. The summed E-state index contributed by atoms with van der Waals surface area (Å²) in [5.41, 5.74) is -1.59. The van der Waals surface area contributed by atoms with Gasteiger partial charge in [0.2, 0.25) is 0 Å². The predicted molar refractivity (Wildman–Crippen MR) is 48.7 cm³/mol. The monoisotopic (exact) mass is 234 g/mol. The summed E-state index contributed by atoms with van der Waals surface area (Å²) in [6.45, 7) is -0.523. The van der Waals surface area contributed by atoms with E-state index in [1.165, 1.54) is 6.07 Å². The third kappa shape index (κ3) is 2.52. The molecule has 0 fully saturated rings. The molecule has 0 aliphatic heterocycles. The van der Waals surface area contributed by atoms with E-state index in [1.807, 2.05) is 0 Å². The number of hydrogen-bond acceptors (Lipinski definition) is 3. The van der Waals surface area contributed by atoms with Crippen molar-refractivity contribution in [2.24, 2.45) is 0 Å². The zero-order valence-electron chi connectivity index (χ0n) is 8.34. The molecule has 1 N–H and O–H groups in total. The van der Waals surface area contributed by atoms with Crippen LogP contribution in [0.1, 0.15) is 21.5 Å². The van der Waals surface area contributed by atoms with E-state index in [1.54, 1.807) is 0 Å². The number of esters is 1. The van der Waals surface area contributed by atoms with Crippen LogP contribution in [0.3, 0.4) is 0 Å². The second-order valence-corrected chi connectivity index (χ2v) is 3.03. The lowest BCUT2D eigenvalue weighted by atomic mass is 10.0. The minimum atomic E-state index is -4.66. The van der Waals surface area contributed by atoms with Gasteiger partial charge in [-0.25, -0.2) is 4.79 Å². The van der Waals surface area contributed by atoms with Crippen molar-refractivity contribution < 1.29 is 27.8 Å². The van der Waals surface area contributed by atoms with E-state index in [-0.39, 0.29) is 5.56 Å². The number of carbonyl (C=O) groups is 1. The summed E-state index contributed by atoms with van der Waals surface area (Å²) in [5.74, 6) is -1.06. The fraction of sp³-hybridized carbons (Fsp3) is 0.300. The van der Waals surface area contributed by atoms with Crippen LogP contribution in [0.2, 0.25) is 0 Å². The summed E-state index contributed by atoms with van der Waals surface area (Å²) >= 11 is 0. The van der Waals surface area contributed by atoms with Crippen LogP contribution in [0.15, 0.2) is 18.2 Å². The number of benzene rings is 1. The highest BCUT2D eigenvalue weighted by Crippen LogP contribution is 2.33. The fourth-order valence-corrected chi connectivity index (χ4v) is 1.21. The lowest BCUT2D eigenvalue weighted by Gasteiger charge is -2.12. The third-order valence-electron chi connectivity index (χ3n) is 1.98. The highest BCUT2D eigenvalue weighted by Gasteiger charge is 2.35. The lowest BCUT2D eigenvalue weighted by molar-refractivity contribution is -0.138. The molecular weight excluding hydrogens is 225 g/mol. The highest BCUT2D eigenvalue weighted by atomic mass is 19.4. The molecule has 0 unspecified atom stereocenters. The Labute approximate surface area is 89.5 Å². The predicted octanol–water partition coefficient (Wildman–Crippen LogP) is 1.98. The fourth-order valence-electron chi connectivity index (χ4n) is 1.21. The van der Waals surface area contributed by atoms with Crippen LogP contribution in [0.5, 0.6) is 0 Å². The zero-order chi connectivity index (χ0) is 12.3. The van der Waals surface area contributed by atoms with E-state index in [0.29, 0.717) is 0 Å². The Morgan fingerprint density at radius 1 is 1.44 bits per heavy atom. The van der Waals surface area contributed by atoms with Gasteiger partial charge in [0.15, 0.2) is 0 Å². The number of alkyl halides is 3. The molecular formula is C10H9F3O3. The highest BCUT2D eigenvalue weighted by molar-refractivity contribution is 5.91. The van der Waals surface area contributed by atoms with Crippen LogP contribution in [-0.2, 0) is 17.5 Å². The van der Waals surface area contributed by atoms with Crippen LogP contribution in [-0.4, -0.2) is 18.2 Å². The minimum absolute atomic E-state index is 0.0833. The number of rotatable bonds is 2. The van der Waals surface area contributed by atoms with Gasteiger partial charge >= 0.3 is 12.1 Å². The van der Waals surface area contributed by atoms with E-state index in [0.717, 1.165) is 19.2 Å². The van der Waals surface area contributed by atoms with Crippen molar-refractivity contribution in [1.29, 1.82) is 0 Å². The summed E-state index contributed by atoms with van der Waals surface area (Å²) < 4.78 is 42.0. The third-order valence-corrected chi connectivity index (χ3v) is 1.98. The number of hydrogen-bond donors (Lipinski definition) is 1. The van der Waals surface area contributed by atoms with Crippen LogP contribution in [0, 0.1) is 0 Å². The first kappa shape index (κ1) is 12.5. The second kappa shape index (κ2) is 4.52. The van der Waals surface area contributed by atoms with Crippen molar-refractivity contribution >= 4 is 5.97 Å². The van der Waals surface area contributed by atoms with E-state index in [4.69, 9.17) is 5.11 Å². The Balaban J connectivity index is 3.33. The topological polar surface area (TPSA) is 46.5 Å². The maximum absolute atomic E-state index is 12.6. The van der Waals surface area contributed by atoms with Gasteiger partial charge in [0, 0.05) is 0 Å². The standard InChI is InChI=1S/C10H9F3O3/c1-16-9(15)7-3-2-6(5-14)4-8(7)10(11,12)13/h2-4,14H,5H2,1H3. The van der Waals surface area contributed by atoms with Gasteiger partial charge in [0.25, 0.3) is 0 Å². The zero-order valence-corrected chi connectivity index (χ0v) is 8.34. The molecule has 1 aromatic rings. The average Bonchev–Trinajstić information content (AvgIpc) is 2.26. The SMILES string of the molecule is COC(=O)c1ccc(CO)cc1C(F)(F)F. The van der Waals surface area contributed by atoms with Gasteiger partial charge in [0.05, 0.1) is 24.8 Å². The Bertz CT molecular complexity index is 399. The molecule has 3 nitrogen and oxygen atoms in total. The number of carbonyl (C=O) groups excluding carboxylic acids is 1. The van der Waals surface area contributed by atoms with Crippen LogP contribution >= 0.6 is 0 Å². The molecule has 0 bridgehead atoms. The molecule has 1 rings (SSSR count). The lowest BCUT2D eigenvalue weighted by Crippen LogP contribution is -2.14. The Morgan fingerprint density at radius 3 is 2.50 bits per heavy atom. The molecule has 0 aromatic heterocycles. The normalized spacial score (nSPS) is 11.3. The quantitative estimate of drug-likeness (QED) is 0.796. The number of methoxy groups -OCH3 is 1. The van der Waals surface area contributed by atoms with Crippen molar-refractivity contribution in [1.82, 2.24) is 0 Å². The number of ether oxygens (including phenoxy) is 1. The number of halogens is 3. The molecule has 0 aliphatic rings. The van der Waals surface area contributed by atoms with Gasteiger partial charge in [-0.1, -0.05) is 6.07 Å². The first-order valence-corrected chi connectivity index (χ1v) is 4.29. The van der Waals surface area contributed by atoms with Crippen molar-refractivity contribution in [3.63, 3.8) is 0 Å². The van der Waals surface area contributed by atoms with Crippen molar-refractivity contribution in [2.45, 2.75) is 12.8 Å². The van der Waals surface area contributed by atoms with Crippen LogP contribution < -0.4 is 0 Å². The molecule has 0 amide bonds. The van der Waals surface area contributed by atoms with E-state index >= 15 is 0 Å².